The maximum absolute atomic E-state index is 13.4. The molecule has 0 saturated heterocycles. The van der Waals surface area contributed by atoms with Crippen LogP contribution < -0.4 is 0 Å². The smallest absolute Gasteiger partial charge is 0.237 e. The predicted molar refractivity (Wildman–Crippen MR) is 194 cm³/mol. The summed E-state index contributed by atoms with van der Waals surface area (Å²) < 4.78 is 83.4. The van der Waals surface area contributed by atoms with Crippen molar-refractivity contribution in [2.45, 2.75) is 12.4 Å². The number of halogens is 6. The molecule has 12 heteroatoms. The number of benzene rings is 4. The first kappa shape index (κ1) is 35.6. The number of rotatable bonds is 6. The topological polar surface area (TPSA) is 61.4 Å². The van der Waals surface area contributed by atoms with Crippen LogP contribution in [0.3, 0.4) is 0 Å². The van der Waals surface area contributed by atoms with E-state index in [1.165, 1.54) is 24.3 Å². The van der Waals surface area contributed by atoms with Crippen molar-refractivity contribution in [3.8, 4) is 56.4 Å². The molecule has 4 aromatic heterocycles. The van der Waals surface area contributed by atoms with Crippen LogP contribution in [-0.2, 0) is 12.4 Å². The van der Waals surface area contributed by atoms with Gasteiger partial charge in [-0.25, -0.2) is 19.3 Å². The summed E-state index contributed by atoms with van der Waals surface area (Å²) in [6.45, 7) is 0. The molecule has 0 saturated carbocycles. The molecule has 0 atom stereocenters. The molecule has 0 N–H and O–H groups in total. The van der Waals surface area contributed by atoms with Gasteiger partial charge in [0.25, 0.3) is 0 Å². The first-order valence-corrected chi connectivity index (χ1v) is 16.5. The highest BCUT2D eigenvalue weighted by Gasteiger charge is 2.34. The van der Waals surface area contributed by atoms with E-state index in [1.807, 2.05) is 54.6 Å². The van der Waals surface area contributed by atoms with Crippen molar-refractivity contribution in [2.24, 2.45) is 0 Å². The molecular weight excluding hydrogens is 702 g/mol. The zero-order valence-corrected chi connectivity index (χ0v) is 28.1. The molecule has 4 heterocycles. The van der Waals surface area contributed by atoms with E-state index in [-0.39, 0.29) is 11.1 Å². The van der Waals surface area contributed by atoms with Crippen molar-refractivity contribution >= 4 is 0 Å². The molecule has 0 fully saturated rings. The Morgan fingerprint density at radius 3 is 1.54 bits per heavy atom. The lowest BCUT2D eigenvalue weighted by Gasteiger charge is -2.14. The molecule has 0 spiro atoms. The van der Waals surface area contributed by atoms with Gasteiger partial charge in [-0.2, -0.15) is 36.5 Å². The van der Waals surface area contributed by atoms with E-state index < -0.39 is 23.5 Å². The molecule has 4 aromatic carbocycles. The van der Waals surface area contributed by atoms with Crippen LogP contribution in [0.2, 0.25) is 0 Å². The normalized spacial score (nSPS) is 11.5. The number of aromatic nitrogens is 6. The van der Waals surface area contributed by atoms with Gasteiger partial charge in [0, 0.05) is 29.7 Å². The highest BCUT2D eigenvalue weighted by Crippen LogP contribution is 2.39. The summed E-state index contributed by atoms with van der Waals surface area (Å²) in [5.74, 6) is 1.31. The molecule has 0 aliphatic heterocycles. The third-order valence-electron chi connectivity index (χ3n) is 8.39. The monoisotopic (exact) mass is 730 g/mol. The van der Waals surface area contributed by atoms with Crippen LogP contribution in [0.5, 0.6) is 0 Å². The second-order valence-corrected chi connectivity index (χ2v) is 11.9. The number of hydrogen-bond acceptors (Lipinski definition) is 4. The second kappa shape index (κ2) is 15.0. The minimum Gasteiger partial charge on any atom is -0.237 e. The van der Waals surface area contributed by atoms with E-state index >= 15 is 0 Å². The van der Waals surface area contributed by atoms with Gasteiger partial charge in [-0.15, -0.1) is 0 Å². The van der Waals surface area contributed by atoms with E-state index in [9.17, 15) is 26.3 Å². The van der Waals surface area contributed by atoms with Crippen LogP contribution in [0, 0.1) is 0 Å². The van der Waals surface area contributed by atoms with Crippen molar-refractivity contribution in [1.82, 2.24) is 29.5 Å². The highest BCUT2D eigenvalue weighted by molar-refractivity contribution is 5.75. The van der Waals surface area contributed by atoms with Crippen molar-refractivity contribution in [2.75, 3.05) is 0 Å². The fourth-order valence-electron chi connectivity index (χ4n) is 5.93. The molecule has 0 aliphatic rings. The summed E-state index contributed by atoms with van der Waals surface area (Å²) in [4.78, 5) is 8.52. The van der Waals surface area contributed by atoms with E-state index in [0.717, 1.165) is 29.0 Å². The Labute approximate surface area is 305 Å². The fourth-order valence-corrected chi connectivity index (χ4v) is 5.93. The van der Waals surface area contributed by atoms with Crippen LogP contribution >= 0.6 is 0 Å². The Morgan fingerprint density at radius 2 is 0.963 bits per heavy atom. The van der Waals surface area contributed by atoms with Crippen LogP contribution in [-0.4, -0.2) is 29.5 Å². The molecule has 268 valence electrons. The Bertz CT molecular complexity index is 2490. The van der Waals surface area contributed by atoms with Gasteiger partial charge in [-0.1, -0.05) is 84.9 Å². The van der Waals surface area contributed by atoms with E-state index in [2.05, 4.69) is 20.2 Å². The van der Waals surface area contributed by atoms with Gasteiger partial charge in [0.15, 0.2) is 11.6 Å². The third-order valence-corrected chi connectivity index (χ3v) is 8.39. The maximum Gasteiger partial charge on any atom is 0.417 e. The molecule has 0 aliphatic carbocycles. The lowest BCUT2D eigenvalue weighted by atomic mass is 9.97. The standard InChI is InChI=1S/2C21H14F3N3/c22-21(23,24)18-9-2-1-8-17(18)15-6-5-7-16(14-15)19-11-13-27(26-19)20-10-3-4-12-25-20;22-21(23,24)18-9-2-1-8-17(18)15-6-5-7-16(14-15)19-11-13-26-27(19)20-10-3-4-12-25-20/h2*1-14H. The molecule has 0 radical (unpaired) electrons. The second-order valence-electron chi connectivity index (χ2n) is 11.9. The minimum atomic E-state index is -4.41. The molecule has 6 nitrogen and oxygen atoms in total. The summed E-state index contributed by atoms with van der Waals surface area (Å²) >= 11 is 0. The van der Waals surface area contributed by atoms with Gasteiger partial charge in [-0.05, 0) is 82.9 Å². The van der Waals surface area contributed by atoms with Crippen LogP contribution in [0.25, 0.3) is 56.4 Å². The average molecular weight is 731 g/mol. The van der Waals surface area contributed by atoms with Crippen molar-refractivity contribution in [3.05, 3.63) is 182 Å². The molecule has 54 heavy (non-hydrogen) atoms. The first-order chi connectivity index (χ1) is 26.1. The van der Waals surface area contributed by atoms with Gasteiger partial charge < -0.3 is 0 Å². The SMILES string of the molecule is FC(F)(F)c1ccccc1-c1cccc(-c2ccn(-c3ccccn3)n2)c1.FC(F)(F)c1ccccc1-c1cccc(-c2ccnn2-c2ccccn2)c1. The summed E-state index contributed by atoms with van der Waals surface area (Å²) in [6.07, 6.45) is -2.08. The van der Waals surface area contributed by atoms with E-state index in [0.29, 0.717) is 28.5 Å². The Morgan fingerprint density at radius 1 is 0.444 bits per heavy atom. The minimum absolute atomic E-state index is 0.149. The average Bonchev–Trinajstić information content (AvgIpc) is 3.90. The van der Waals surface area contributed by atoms with Crippen LogP contribution in [0.4, 0.5) is 26.3 Å². The highest BCUT2D eigenvalue weighted by atomic mass is 19.4. The molecule has 8 aromatic rings. The maximum atomic E-state index is 13.4. The van der Waals surface area contributed by atoms with Gasteiger partial charge in [0.1, 0.15) is 0 Å². The van der Waals surface area contributed by atoms with Gasteiger partial charge >= 0.3 is 12.4 Å². The van der Waals surface area contributed by atoms with Crippen molar-refractivity contribution in [3.63, 3.8) is 0 Å². The zero-order valence-electron chi connectivity index (χ0n) is 28.1. The lowest BCUT2D eigenvalue weighted by Crippen LogP contribution is -2.07. The van der Waals surface area contributed by atoms with Crippen molar-refractivity contribution < 1.29 is 26.3 Å². The molecule has 0 amide bonds. The molecule has 8 rings (SSSR count). The Balaban J connectivity index is 0.000000167. The van der Waals surface area contributed by atoms with Crippen LogP contribution in [0.15, 0.2) is 170 Å². The van der Waals surface area contributed by atoms with Crippen LogP contribution in [0.1, 0.15) is 11.1 Å². The zero-order chi connectivity index (χ0) is 37.7. The fraction of sp³-hybridized carbons (Fsp3) is 0.0476. The quantitative estimate of drug-likeness (QED) is 0.160. The number of hydrogen-bond donors (Lipinski definition) is 0. The summed E-state index contributed by atoms with van der Waals surface area (Å²) in [6, 6.07) is 39.7. The largest absolute Gasteiger partial charge is 0.417 e. The molecular formula is C42H28F6N6. The molecule has 0 unspecified atom stereocenters. The lowest BCUT2D eigenvalue weighted by molar-refractivity contribution is -0.137. The van der Waals surface area contributed by atoms with E-state index in [1.54, 1.807) is 88.7 Å². The van der Waals surface area contributed by atoms with Crippen molar-refractivity contribution in [1.29, 1.82) is 0 Å². The Kier molecular flexibility index (Phi) is 9.91. The number of pyridine rings is 2. The Hall–Kier alpha value is -6.82. The number of alkyl halides is 6. The summed E-state index contributed by atoms with van der Waals surface area (Å²) in [7, 11) is 0. The van der Waals surface area contributed by atoms with E-state index in [4.69, 9.17) is 0 Å². The van der Waals surface area contributed by atoms with Gasteiger partial charge in [0.05, 0.1) is 28.7 Å². The first-order valence-electron chi connectivity index (χ1n) is 16.5. The third kappa shape index (κ3) is 7.82. The summed E-state index contributed by atoms with van der Waals surface area (Å²) in [5.41, 5.74) is 2.88. The van der Waals surface area contributed by atoms with Gasteiger partial charge in [-0.3, -0.25) is 0 Å². The van der Waals surface area contributed by atoms with Gasteiger partial charge in [0.2, 0.25) is 0 Å². The summed E-state index contributed by atoms with van der Waals surface area (Å²) in [5, 5.41) is 8.78. The number of nitrogens with zero attached hydrogens (tertiary/aromatic N) is 6. The predicted octanol–water partition coefficient (Wildman–Crippen LogP) is 11.2. The molecule has 0 bridgehead atoms.